The van der Waals surface area contributed by atoms with Crippen LogP contribution in [0.15, 0.2) is 17.2 Å². The molecule has 0 aromatic carbocycles. The van der Waals surface area contributed by atoms with Crippen molar-refractivity contribution in [2.75, 3.05) is 13.1 Å². The second-order valence-electron chi connectivity index (χ2n) is 4.99. The highest BCUT2D eigenvalue weighted by molar-refractivity contribution is 7.89. The van der Waals surface area contributed by atoms with Crippen molar-refractivity contribution in [1.29, 1.82) is 0 Å². The van der Waals surface area contributed by atoms with Crippen molar-refractivity contribution in [2.24, 2.45) is 12.2 Å². The zero-order valence-electron chi connectivity index (χ0n) is 12.5. The average Bonchev–Trinajstić information content (AvgIpc) is 3.03. The number of hydrogen-bond donors (Lipinski definition) is 2. The molecule has 11 heteroatoms. The standard InChI is InChI=1S/C12H16N4O6S/c1-7(10(17)16-4-3-14-12(16)19)22-11(18)9-5-8(6-15(9)2)23(13,20)21/h5-7H,3-4H2,1-2H3,(H,14,19)(H2,13,20,21). The zero-order chi connectivity index (χ0) is 17.4. The van der Waals surface area contributed by atoms with E-state index in [0.29, 0.717) is 6.54 Å². The number of carbonyl (C=O) groups is 3. The number of rotatable bonds is 4. The largest absolute Gasteiger partial charge is 0.448 e. The number of amides is 3. The molecule has 2 rings (SSSR count). The minimum absolute atomic E-state index is 0.0838. The SMILES string of the molecule is CC(OC(=O)c1cc(S(N)(=O)=O)cn1C)C(=O)N1CCNC1=O. The normalized spacial score (nSPS) is 16.1. The molecule has 1 aliphatic heterocycles. The second kappa shape index (κ2) is 6.01. The Hall–Kier alpha value is -2.40. The summed E-state index contributed by atoms with van der Waals surface area (Å²) in [5, 5.41) is 7.45. The van der Waals surface area contributed by atoms with Crippen molar-refractivity contribution >= 4 is 27.9 Å². The van der Waals surface area contributed by atoms with Crippen LogP contribution in [0.2, 0.25) is 0 Å². The van der Waals surface area contributed by atoms with Gasteiger partial charge in [-0.15, -0.1) is 0 Å². The lowest BCUT2D eigenvalue weighted by atomic mass is 10.3. The van der Waals surface area contributed by atoms with Gasteiger partial charge in [-0.25, -0.2) is 23.1 Å². The number of sulfonamides is 1. The van der Waals surface area contributed by atoms with Crippen LogP contribution in [0.4, 0.5) is 4.79 Å². The molecule has 0 saturated carbocycles. The molecule has 1 aromatic rings. The number of primary sulfonamides is 1. The summed E-state index contributed by atoms with van der Waals surface area (Å²) in [5.74, 6) is -1.56. The summed E-state index contributed by atoms with van der Waals surface area (Å²) in [6.45, 7) is 1.86. The molecule has 1 unspecified atom stereocenters. The van der Waals surface area contributed by atoms with Gasteiger partial charge in [-0.2, -0.15) is 0 Å². The Kier molecular flexibility index (Phi) is 4.43. The van der Waals surface area contributed by atoms with Gasteiger partial charge in [-0.1, -0.05) is 0 Å². The number of nitrogens with two attached hydrogens (primary N) is 1. The Morgan fingerprint density at radius 3 is 2.57 bits per heavy atom. The third kappa shape index (κ3) is 3.51. The van der Waals surface area contributed by atoms with Gasteiger partial charge in [0, 0.05) is 26.3 Å². The van der Waals surface area contributed by atoms with Crippen LogP contribution < -0.4 is 10.5 Å². The van der Waals surface area contributed by atoms with E-state index < -0.39 is 34.0 Å². The van der Waals surface area contributed by atoms with Crippen molar-refractivity contribution in [2.45, 2.75) is 17.9 Å². The maximum absolute atomic E-state index is 12.1. The highest BCUT2D eigenvalue weighted by Gasteiger charge is 2.32. The van der Waals surface area contributed by atoms with Crippen LogP contribution in [0.1, 0.15) is 17.4 Å². The van der Waals surface area contributed by atoms with Crippen LogP contribution in [0.25, 0.3) is 0 Å². The molecule has 0 aliphatic carbocycles. The molecule has 2 heterocycles. The lowest BCUT2D eigenvalue weighted by Crippen LogP contribution is -2.41. The van der Waals surface area contributed by atoms with Crippen LogP contribution in [0.5, 0.6) is 0 Å². The molecule has 0 bridgehead atoms. The maximum Gasteiger partial charge on any atom is 0.355 e. The maximum atomic E-state index is 12.1. The lowest BCUT2D eigenvalue weighted by molar-refractivity contribution is -0.136. The van der Waals surface area contributed by atoms with E-state index in [9.17, 15) is 22.8 Å². The van der Waals surface area contributed by atoms with Crippen molar-refractivity contribution in [3.8, 4) is 0 Å². The first-order chi connectivity index (χ1) is 10.6. The molecule has 1 saturated heterocycles. The van der Waals surface area contributed by atoms with Crippen LogP contribution in [-0.2, 0) is 26.6 Å². The van der Waals surface area contributed by atoms with Gasteiger partial charge in [0.2, 0.25) is 10.0 Å². The fraction of sp³-hybridized carbons (Fsp3) is 0.417. The molecule has 1 fully saturated rings. The zero-order valence-corrected chi connectivity index (χ0v) is 13.3. The van der Waals surface area contributed by atoms with Gasteiger partial charge in [-0.05, 0) is 13.0 Å². The van der Waals surface area contributed by atoms with Gasteiger partial charge in [0.25, 0.3) is 5.91 Å². The topological polar surface area (TPSA) is 141 Å². The van der Waals surface area contributed by atoms with E-state index in [1.165, 1.54) is 18.5 Å². The Morgan fingerprint density at radius 1 is 1.43 bits per heavy atom. The summed E-state index contributed by atoms with van der Waals surface area (Å²) < 4.78 is 28.8. The minimum Gasteiger partial charge on any atom is -0.448 e. The molecule has 3 amide bonds. The van der Waals surface area contributed by atoms with E-state index in [4.69, 9.17) is 9.88 Å². The molecule has 1 aliphatic rings. The third-order valence-corrected chi connectivity index (χ3v) is 4.15. The third-order valence-electron chi connectivity index (χ3n) is 3.27. The van der Waals surface area contributed by atoms with Gasteiger partial charge in [0.1, 0.15) is 10.6 Å². The molecule has 126 valence electrons. The Bertz CT molecular complexity index is 769. The Labute approximate surface area is 132 Å². The average molecular weight is 344 g/mol. The van der Waals surface area contributed by atoms with Gasteiger partial charge >= 0.3 is 12.0 Å². The quantitative estimate of drug-likeness (QED) is 0.655. The smallest absolute Gasteiger partial charge is 0.355 e. The number of aromatic nitrogens is 1. The molecule has 0 radical (unpaired) electrons. The van der Waals surface area contributed by atoms with Crippen LogP contribution >= 0.6 is 0 Å². The van der Waals surface area contributed by atoms with Crippen molar-refractivity contribution in [3.63, 3.8) is 0 Å². The van der Waals surface area contributed by atoms with Crippen LogP contribution in [-0.4, -0.2) is 55.0 Å². The molecule has 1 atom stereocenters. The molecular formula is C12H16N4O6S. The number of ether oxygens (including phenoxy) is 1. The van der Waals surface area contributed by atoms with Crippen molar-refractivity contribution < 1.29 is 27.5 Å². The Balaban J connectivity index is 2.11. The summed E-state index contributed by atoms with van der Waals surface area (Å²) in [5.41, 5.74) is -0.0838. The predicted octanol–water partition coefficient (Wildman–Crippen LogP) is -1.23. The number of hydrogen-bond acceptors (Lipinski definition) is 6. The predicted molar refractivity (Wildman–Crippen MR) is 76.8 cm³/mol. The minimum atomic E-state index is -3.96. The van der Waals surface area contributed by atoms with E-state index in [1.54, 1.807) is 0 Å². The monoisotopic (exact) mass is 344 g/mol. The highest BCUT2D eigenvalue weighted by atomic mass is 32.2. The van der Waals surface area contributed by atoms with E-state index >= 15 is 0 Å². The molecule has 1 aromatic heterocycles. The summed E-state index contributed by atoms with van der Waals surface area (Å²) >= 11 is 0. The number of nitrogens with one attached hydrogen (secondary N) is 1. The van der Waals surface area contributed by atoms with Gasteiger partial charge < -0.3 is 14.6 Å². The first-order valence-electron chi connectivity index (χ1n) is 6.60. The highest BCUT2D eigenvalue weighted by Crippen LogP contribution is 2.14. The van der Waals surface area contributed by atoms with Crippen molar-refractivity contribution in [3.05, 3.63) is 18.0 Å². The molecule has 3 N–H and O–H groups in total. The molecule has 0 spiro atoms. The van der Waals surface area contributed by atoms with Gasteiger partial charge in [0.15, 0.2) is 6.10 Å². The number of imide groups is 1. The lowest BCUT2D eigenvalue weighted by Gasteiger charge is -2.18. The van der Waals surface area contributed by atoms with E-state index in [-0.39, 0.29) is 17.1 Å². The van der Waals surface area contributed by atoms with E-state index in [0.717, 1.165) is 17.2 Å². The van der Waals surface area contributed by atoms with E-state index in [1.807, 2.05) is 0 Å². The Morgan fingerprint density at radius 2 is 2.09 bits per heavy atom. The fourth-order valence-corrected chi connectivity index (χ4v) is 2.65. The number of urea groups is 1. The van der Waals surface area contributed by atoms with Crippen LogP contribution in [0, 0.1) is 0 Å². The number of esters is 1. The van der Waals surface area contributed by atoms with E-state index in [2.05, 4.69) is 5.32 Å². The number of carbonyl (C=O) groups excluding carboxylic acids is 3. The summed E-state index contributed by atoms with van der Waals surface area (Å²) in [7, 11) is -2.52. The summed E-state index contributed by atoms with van der Waals surface area (Å²) in [4.78, 5) is 36.2. The molecular weight excluding hydrogens is 328 g/mol. The van der Waals surface area contributed by atoms with Crippen LogP contribution in [0.3, 0.4) is 0 Å². The fourth-order valence-electron chi connectivity index (χ4n) is 2.07. The summed E-state index contributed by atoms with van der Waals surface area (Å²) in [6, 6.07) is 0.505. The second-order valence-corrected chi connectivity index (χ2v) is 6.55. The number of nitrogens with zero attached hydrogens (tertiary/aromatic N) is 2. The number of aryl methyl sites for hydroxylation is 1. The first-order valence-corrected chi connectivity index (χ1v) is 8.15. The van der Waals surface area contributed by atoms with Crippen molar-refractivity contribution in [1.82, 2.24) is 14.8 Å². The summed E-state index contributed by atoms with van der Waals surface area (Å²) in [6.07, 6.45) is -0.0361. The molecule has 23 heavy (non-hydrogen) atoms. The van der Waals surface area contributed by atoms with Gasteiger partial charge in [-0.3, -0.25) is 9.69 Å². The molecule has 10 nitrogen and oxygen atoms in total. The van der Waals surface area contributed by atoms with Gasteiger partial charge in [0.05, 0.1) is 0 Å². The first kappa shape index (κ1) is 17.0.